The molecule has 0 bridgehead atoms. The van der Waals surface area contributed by atoms with Gasteiger partial charge in [0.2, 0.25) is 0 Å². The first-order valence-electron chi connectivity index (χ1n) is 7.14. The van der Waals surface area contributed by atoms with Gasteiger partial charge in [-0.15, -0.1) is 0 Å². The van der Waals surface area contributed by atoms with E-state index in [0.29, 0.717) is 6.61 Å². The van der Waals surface area contributed by atoms with Crippen molar-refractivity contribution in [2.45, 2.75) is 39.5 Å². The Morgan fingerprint density at radius 2 is 2.05 bits per heavy atom. The SMILES string of the molecule is Cc1ccccc1OCCCC(C#N)c1c(C)noc1C. The van der Waals surface area contributed by atoms with Gasteiger partial charge in [-0.2, -0.15) is 5.26 Å². The average Bonchev–Trinajstić information content (AvgIpc) is 2.81. The molecule has 0 aliphatic heterocycles. The summed E-state index contributed by atoms with van der Waals surface area (Å²) in [7, 11) is 0. The number of para-hydroxylation sites is 1. The number of nitrogens with zero attached hydrogens (tertiary/aromatic N) is 2. The Bertz CT molecular complexity index is 621. The number of hydrogen-bond acceptors (Lipinski definition) is 4. The highest BCUT2D eigenvalue weighted by atomic mass is 16.5. The second kappa shape index (κ2) is 6.94. The minimum atomic E-state index is -0.184. The van der Waals surface area contributed by atoms with E-state index in [4.69, 9.17) is 9.26 Å². The molecule has 2 rings (SSSR count). The maximum atomic E-state index is 9.35. The van der Waals surface area contributed by atoms with Gasteiger partial charge in [0.1, 0.15) is 11.5 Å². The summed E-state index contributed by atoms with van der Waals surface area (Å²) in [5.74, 6) is 1.46. The van der Waals surface area contributed by atoms with E-state index in [9.17, 15) is 5.26 Å². The lowest BCUT2D eigenvalue weighted by atomic mass is 9.94. The molecule has 1 atom stereocenters. The zero-order valence-electron chi connectivity index (χ0n) is 12.7. The minimum absolute atomic E-state index is 0.184. The fourth-order valence-electron chi connectivity index (χ4n) is 2.45. The molecule has 0 spiro atoms. The third kappa shape index (κ3) is 3.63. The molecule has 4 nitrogen and oxygen atoms in total. The lowest BCUT2D eigenvalue weighted by Crippen LogP contribution is -2.04. The first kappa shape index (κ1) is 15.1. The van der Waals surface area contributed by atoms with E-state index >= 15 is 0 Å². The molecule has 1 heterocycles. The molecule has 110 valence electrons. The van der Waals surface area contributed by atoms with Crippen LogP contribution in [0.4, 0.5) is 0 Å². The van der Waals surface area contributed by atoms with Crippen LogP contribution in [0.5, 0.6) is 5.75 Å². The molecule has 0 aliphatic carbocycles. The normalized spacial score (nSPS) is 11.9. The van der Waals surface area contributed by atoms with Crippen LogP contribution in [-0.2, 0) is 0 Å². The molecule has 1 unspecified atom stereocenters. The van der Waals surface area contributed by atoms with Gasteiger partial charge in [0.15, 0.2) is 0 Å². The van der Waals surface area contributed by atoms with Gasteiger partial charge in [-0.1, -0.05) is 23.4 Å². The fourth-order valence-corrected chi connectivity index (χ4v) is 2.45. The lowest BCUT2D eigenvalue weighted by Gasteiger charge is -2.11. The van der Waals surface area contributed by atoms with Crippen LogP contribution >= 0.6 is 0 Å². The first-order chi connectivity index (χ1) is 10.1. The maximum Gasteiger partial charge on any atom is 0.138 e. The van der Waals surface area contributed by atoms with Crippen LogP contribution in [0.3, 0.4) is 0 Å². The van der Waals surface area contributed by atoms with E-state index in [-0.39, 0.29) is 5.92 Å². The molecular weight excluding hydrogens is 264 g/mol. The number of rotatable bonds is 6. The zero-order valence-corrected chi connectivity index (χ0v) is 12.7. The number of nitriles is 1. The van der Waals surface area contributed by atoms with Crippen LogP contribution in [0.15, 0.2) is 28.8 Å². The second-order valence-corrected chi connectivity index (χ2v) is 5.18. The van der Waals surface area contributed by atoms with Gasteiger partial charge < -0.3 is 9.26 Å². The van der Waals surface area contributed by atoms with Crippen LogP contribution in [0.2, 0.25) is 0 Å². The van der Waals surface area contributed by atoms with Crippen molar-refractivity contribution in [1.29, 1.82) is 5.26 Å². The summed E-state index contributed by atoms with van der Waals surface area (Å²) >= 11 is 0. The van der Waals surface area contributed by atoms with Crippen molar-refractivity contribution < 1.29 is 9.26 Å². The molecular formula is C17H20N2O2. The molecule has 0 N–H and O–H groups in total. The van der Waals surface area contributed by atoms with Gasteiger partial charge >= 0.3 is 0 Å². The summed E-state index contributed by atoms with van der Waals surface area (Å²) in [4.78, 5) is 0. The van der Waals surface area contributed by atoms with Crippen molar-refractivity contribution in [2.75, 3.05) is 6.61 Å². The van der Waals surface area contributed by atoms with Gasteiger partial charge in [0.05, 0.1) is 24.3 Å². The molecule has 21 heavy (non-hydrogen) atoms. The minimum Gasteiger partial charge on any atom is -0.493 e. The zero-order chi connectivity index (χ0) is 15.2. The molecule has 0 radical (unpaired) electrons. The monoisotopic (exact) mass is 284 g/mol. The molecule has 0 amide bonds. The number of aromatic nitrogens is 1. The van der Waals surface area contributed by atoms with Crippen molar-refractivity contribution in [1.82, 2.24) is 5.16 Å². The van der Waals surface area contributed by atoms with Crippen molar-refractivity contribution in [2.24, 2.45) is 0 Å². The van der Waals surface area contributed by atoms with E-state index in [1.807, 2.05) is 45.0 Å². The van der Waals surface area contributed by atoms with Crippen LogP contribution in [0.25, 0.3) is 0 Å². The van der Waals surface area contributed by atoms with Crippen LogP contribution in [0.1, 0.15) is 41.3 Å². The van der Waals surface area contributed by atoms with Gasteiger partial charge in [-0.05, 0) is 45.2 Å². The number of aryl methyl sites for hydroxylation is 3. The Morgan fingerprint density at radius 1 is 1.29 bits per heavy atom. The van der Waals surface area contributed by atoms with Crippen molar-refractivity contribution in [3.05, 3.63) is 46.8 Å². The Labute approximate surface area is 125 Å². The molecule has 0 aliphatic rings. The number of benzene rings is 1. The Hall–Kier alpha value is -2.28. The quantitative estimate of drug-likeness (QED) is 0.750. The Morgan fingerprint density at radius 3 is 2.67 bits per heavy atom. The summed E-state index contributed by atoms with van der Waals surface area (Å²) in [5, 5.41) is 13.3. The summed E-state index contributed by atoms with van der Waals surface area (Å²) in [6, 6.07) is 10.3. The summed E-state index contributed by atoms with van der Waals surface area (Å²) in [6.07, 6.45) is 1.56. The van der Waals surface area contributed by atoms with E-state index in [1.54, 1.807) is 0 Å². The molecule has 0 saturated heterocycles. The number of hydrogen-bond donors (Lipinski definition) is 0. The van der Waals surface area contributed by atoms with Crippen LogP contribution < -0.4 is 4.74 Å². The van der Waals surface area contributed by atoms with Crippen molar-refractivity contribution in [3.8, 4) is 11.8 Å². The highest BCUT2D eigenvalue weighted by molar-refractivity contribution is 5.32. The van der Waals surface area contributed by atoms with Crippen LogP contribution in [0, 0.1) is 32.1 Å². The Kier molecular flexibility index (Phi) is 4.99. The van der Waals surface area contributed by atoms with Gasteiger partial charge in [0, 0.05) is 5.56 Å². The van der Waals surface area contributed by atoms with Gasteiger partial charge in [-0.25, -0.2) is 0 Å². The highest BCUT2D eigenvalue weighted by Gasteiger charge is 2.19. The molecule has 0 saturated carbocycles. The van der Waals surface area contributed by atoms with Crippen LogP contribution in [-0.4, -0.2) is 11.8 Å². The predicted molar refractivity (Wildman–Crippen MR) is 80.2 cm³/mol. The van der Waals surface area contributed by atoms with Gasteiger partial charge in [-0.3, -0.25) is 0 Å². The lowest BCUT2D eigenvalue weighted by molar-refractivity contribution is 0.302. The molecule has 1 aromatic carbocycles. The summed E-state index contributed by atoms with van der Waals surface area (Å²) in [6.45, 7) is 6.35. The van der Waals surface area contributed by atoms with E-state index < -0.39 is 0 Å². The number of ether oxygens (including phenoxy) is 1. The van der Waals surface area contributed by atoms with E-state index in [0.717, 1.165) is 41.2 Å². The van der Waals surface area contributed by atoms with E-state index in [1.165, 1.54) is 0 Å². The fraction of sp³-hybridized carbons (Fsp3) is 0.412. The smallest absolute Gasteiger partial charge is 0.138 e. The third-order valence-corrected chi connectivity index (χ3v) is 3.58. The average molecular weight is 284 g/mol. The van der Waals surface area contributed by atoms with Crippen molar-refractivity contribution >= 4 is 0 Å². The largest absolute Gasteiger partial charge is 0.493 e. The standard InChI is InChI=1S/C17H20N2O2/c1-12-7-4-5-9-16(12)20-10-6-8-15(11-18)17-13(2)19-21-14(17)3/h4-5,7,9,15H,6,8,10H2,1-3H3. The van der Waals surface area contributed by atoms with E-state index in [2.05, 4.69) is 11.2 Å². The second-order valence-electron chi connectivity index (χ2n) is 5.18. The third-order valence-electron chi connectivity index (χ3n) is 3.58. The summed E-state index contributed by atoms with van der Waals surface area (Å²) in [5.41, 5.74) is 2.85. The molecule has 1 aromatic heterocycles. The molecule has 0 fully saturated rings. The maximum absolute atomic E-state index is 9.35. The Balaban J connectivity index is 1.88. The first-order valence-corrected chi connectivity index (χ1v) is 7.14. The van der Waals surface area contributed by atoms with Crippen molar-refractivity contribution in [3.63, 3.8) is 0 Å². The molecule has 4 heteroatoms. The highest BCUT2D eigenvalue weighted by Crippen LogP contribution is 2.27. The predicted octanol–water partition coefficient (Wildman–Crippen LogP) is 4.07. The summed E-state index contributed by atoms with van der Waals surface area (Å²) < 4.78 is 10.9. The van der Waals surface area contributed by atoms with Gasteiger partial charge in [0.25, 0.3) is 0 Å². The topological polar surface area (TPSA) is 59.0 Å². The molecule has 2 aromatic rings.